The predicted molar refractivity (Wildman–Crippen MR) is 84.6 cm³/mol. The normalized spacial score (nSPS) is 21.0. The van der Waals surface area contributed by atoms with Gasteiger partial charge >= 0.3 is 6.03 Å². The van der Waals surface area contributed by atoms with Gasteiger partial charge in [0.1, 0.15) is 23.7 Å². The number of carbonyl (C=O) groups is 2. The third kappa shape index (κ3) is 4.21. The average molecular weight is 322 g/mol. The lowest BCUT2D eigenvalue weighted by atomic mass is 9.92. The van der Waals surface area contributed by atoms with E-state index in [9.17, 15) is 14.0 Å². The predicted octanol–water partition coefficient (Wildman–Crippen LogP) is 2.95. The Kier molecular flexibility index (Phi) is 5.23. The van der Waals surface area contributed by atoms with E-state index in [2.05, 4.69) is 19.2 Å². The van der Waals surface area contributed by atoms with Crippen LogP contribution in [0.5, 0.6) is 5.75 Å². The van der Waals surface area contributed by atoms with Gasteiger partial charge in [-0.2, -0.15) is 0 Å². The number of hydrogen-bond donors (Lipinski definition) is 1. The Hall–Kier alpha value is -2.11. The summed E-state index contributed by atoms with van der Waals surface area (Å²) < 4.78 is 18.3. The molecule has 6 heteroatoms. The molecule has 1 N–H and O–H groups in total. The van der Waals surface area contributed by atoms with Crippen LogP contribution in [0.4, 0.5) is 9.18 Å². The van der Waals surface area contributed by atoms with Gasteiger partial charge in [0.05, 0.1) is 6.54 Å². The number of rotatable bonds is 7. The zero-order valence-corrected chi connectivity index (χ0v) is 13.8. The van der Waals surface area contributed by atoms with Gasteiger partial charge in [-0.25, -0.2) is 9.18 Å². The zero-order chi connectivity index (χ0) is 17.0. The van der Waals surface area contributed by atoms with Crippen molar-refractivity contribution in [2.45, 2.75) is 39.2 Å². The van der Waals surface area contributed by atoms with E-state index in [-0.39, 0.29) is 30.9 Å². The van der Waals surface area contributed by atoms with Crippen molar-refractivity contribution < 1.29 is 18.7 Å². The molecule has 0 bridgehead atoms. The first kappa shape index (κ1) is 17.2. The van der Waals surface area contributed by atoms with E-state index < -0.39 is 5.54 Å². The summed E-state index contributed by atoms with van der Waals surface area (Å²) in [5.74, 6) is 0.409. The van der Waals surface area contributed by atoms with E-state index in [1.807, 2.05) is 0 Å². The van der Waals surface area contributed by atoms with Crippen LogP contribution in [0.25, 0.3) is 0 Å². The molecule has 1 aromatic rings. The first-order chi connectivity index (χ1) is 10.8. The van der Waals surface area contributed by atoms with Crippen LogP contribution in [0.15, 0.2) is 24.3 Å². The van der Waals surface area contributed by atoms with Crippen molar-refractivity contribution >= 4 is 11.9 Å². The Bertz CT molecular complexity index is 574. The average Bonchev–Trinajstić information content (AvgIpc) is 2.71. The molecule has 1 aliphatic heterocycles. The van der Waals surface area contributed by atoms with E-state index in [4.69, 9.17) is 4.74 Å². The standard InChI is InChI=1S/C17H23FN2O3/c1-12(2)8-9-17(3)15(21)20(16(22)19-17)10-11-23-14-6-4-13(18)5-7-14/h4-7,12H,8-11H2,1-3H3,(H,19,22). The molecular formula is C17H23FN2O3. The van der Waals surface area contributed by atoms with Crippen LogP contribution in [-0.4, -0.2) is 35.5 Å². The molecule has 0 aliphatic carbocycles. The Morgan fingerprint density at radius 1 is 1.26 bits per heavy atom. The van der Waals surface area contributed by atoms with Crippen LogP contribution in [0.2, 0.25) is 0 Å². The molecule has 1 aliphatic rings. The molecule has 0 aromatic heterocycles. The molecule has 0 spiro atoms. The number of nitrogens with zero attached hydrogens (tertiary/aromatic N) is 1. The Balaban J connectivity index is 1.88. The van der Waals surface area contributed by atoms with Crippen LogP contribution < -0.4 is 10.1 Å². The van der Waals surface area contributed by atoms with Gasteiger partial charge in [0.15, 0.2) is 0 Å². The molecule has 0 saturated carbocycles. The second kappa shape index (κ2) is 6.98. The third-order valence-corrected chi connectivity index (χ3v) is 3.96. The highest BCUT2D eigenvalue weighted by molar-refractivity contribution is 6.06. The number of nitrogens with one attached hydrogen (secondary N) is 1. The summed E-state index contributed by atoms with van der Waals surface area (Å²) >= 11 is 0. The molecule has 23 heavy (non-hydrogen) atoms. The third-order valence-electron chi connectivity index (χ3n) is 3.96. The number of amides is 3. The molecule has 1 unspecified atom stereocenters. The molecule has 5 nitrogen and oxygen atoms in total. The number of ether oxygens (including phenoxy) is 1. The number of carbonyl (C=O) groups excluding carboxylic acids is 2. The summed E-state index contributed by atoms with van der Waals surface area (Å²) in [7, 11) is 0. The minimum absolute atomic E-state index is 0.166. The lowest BCUT2D eigenvalue weighted by molar-refractivity contribution is -0.131. The molecule has 1 fully saturated rings. The second-order valence-corrected chi connectivity index (χ2v) is 6.45. The van der Waals surface area contributed by atoms with Gasteiger partial charge in [-0.15, -0.1) is 0 Å². The fraction of sp³-hybridized carbons (Fsp3) is 0.529. The van der Waals surface area contributed by atoms with Crippen LogP contribution in [-0.2, 0) is 4.79 Å². The zero-order valence-electron chi connectivity index (χ0n) is 13.8. The topological polar surface area (TPSA) is 58.6 Å². The van der Waals surface area contributed by atoms with Crippen molar-refractivity contribution in [2.75, 3.05) is 13.2 Å². The lowest BCUT2D eigenvalue weighted by Gasteiger charge is -2.22. The fourth-order valence-electron chi connectivity index (χ4n) is 2.48. The summed E-state index contributed by atoms with van der Waals surface area (Å²) in [4.78, 5) is 25.7. The summed E-state index contributed by atoms with van der Waals surface area (Å²) in [6, 6.07) is 5.23. The van der Waals surface area contributed by atoms with E-state index in [0.29, 0.717) is 18.1 Å². The molecule has 1 heterocycles. The number of halogens is 1. The second-order valence-electron chi connectivity index (χ2n) is 6.45. The van der Waals surface area contributed by atoms with Gasteiger partial charge in [-0.3, -0.25) is 9.69 Å². The van der Waals surface area contributed by atoms with Gasteiger partial charge in [-0.1, -0.05) is 13.8 Å². The number of hydrogen-bond acceptors (Lipinski definition) is 3. The summed E-state index contributed by atoms with van der Waals surface area (Å²) in [6.07, 6.45) is 1.48. The van der Waals surface area contributed by atoms with Crippen molar-refractivity contribution in [1.29, 1.82) is 0 Å². The molecule has 1 atom stereocenters. The lowest BCUT2D eigenvalue weighted by Crippen LogP contribution is -2.44. The number of urea groups is 1. The van der Waals surface area contributed by atoms with Crippen LogP contribution in [0.1, 0.15) is 33.6 Å². The maximum Gasteiger partial charge on any atom is 0.325 e. The van der Waals surface area contributed by atoms with Crippen LogP contribution in [0, 0.1) is 11.7 Å². The van der Waals surface area contributed by atoms with Crippen molar-refractivity contribution in [2.24, 2.45) is 5.92 Å². The smallest absolute Gasteiger partial charge is 0.325 e. The summed E-state index contributed by atoms with van der Waals surface area (Å²) in [5, 5.41) is 2.77. The largest absolute Gasteiger partial charge is 0.492 e. The maximum absolute atomic E-state index is 12.8. The molecular weight excluding hydrogens is 299 g/mol. The van der Waals surface area contributed by atoms with Gasteiger partial charge < -0.3 is 10.1 Å². The number of imide groups is 1. The van der Waals surface area contributed by atoms with Crippen molar-refractivity contribution in [3.8, 4) is 5.75 Å². The SMILES string of the molecule is CC(C)CCC1(C)NC(=O)N(CCOc2ccc(F)cc2)C1=O. The van der Waals surface area contributed by atoms with E-state index in [1.54, 1.807) is 6.92 Å². The van der Waals surface area contributed by atoms with Crippen LogP contribution in [0.3, 0.4) is 0 Å². The Labute approximate surface area is 135 Å². The Morgan fingerprint density at radius 3 is 2.52 bits per heavy atom. The number of benzene rings is 1. The van der Waals surface area contributed by atoms with Crippen molar-refractivity contribution in [3.63, 3.8) is 0 Å². The van der Waals surface area contributed by atoms with E-state index >= 15 is 0 Å². The highest BCUT2D eigenvalue weighted by Gasteiger charge is 2.47. The van der Waals surface area contributed by atoms with Crippen molar-refractivity contribution in [3.05, 3.63) is 30.1 Å². The van der Waals surface area contributed by atoms with Gasteiger partial charge in [0, 0.05) is 0 Å². The quantitative estimate of drug-likeness (QED) is 0.785. The first-order valence-electron chi connectivity index (χ1n) is 7.84. The van der Waals surface area contributed by atoms with Crippen molar-refractivity contribution in [1.82, 2.24) is 10.2 Å². The van der Waals surface area contributed by atoms with Gasteiger partial charge in [0.2, 0.25) is 0 Å². The summed E-state index contributed by atoms with van der Waals surface area (Å²) in [5.41, 5.74) is -0.836. The molecule has 1 aromatic carbocycles. The monoisotopic (exact) mass is 322 g/mol. The highest BCUT2D eigenvalue weighted by atomic mass is 19.1. The maximum atomic E-state index is 12.8. The summed E-state index contributed by atoms with van der Waals surface area (Å²) in [6.45, 7) is 6.26. The molecule has 1 saturated heterocycles. The molecule has 2 rings (SSSR count). The molecule has 126 valence electrons. The molecule has 3 amide bonds. The fourth-order valence-corrected chi connectivity index (χ4v) is 2.48. The first-order valence-corrected chi connectivity index (χ1v) is 7.84. The van der Waals surface area contributed by atoms with Gasteiger partial charge in [-0.05, 0) is 49.9 Å². The minimum Gasteiger partial charge on any atom is -0.492 e. The Morgan fingerprint density at radius 2 is 1.91 bits per heavy atom. The van der Waals surface area contributed by atoms with Gasteiger partial charge in [0.25, 0.3) is 5.91 Å². The highest BCUT2D eigenvalue weighted by Crippen LogP contribution is 2.24. The molecule has 0 radical (unpaired) electrons. The van der Waals surface area contributed by atoms with Crippen LogP contribution >= 0.6 is 0 Å². The van der Waals surface area contributed by atoms with E-state index in [0.717, 1.165) is 6.42 Å². The van der Waals surface area contributed by atoms with E-state index in [1.165, 1.54) is 29.2 Å². The minimum atomic E-state index is -0.836.